The molecule has 5 nitrogen and oxygen atoms in total. The zero-order valence-corrected chi connectivity index (χ0v) is 16.1. The van der Waals surface area contributed by atoms with E-state index in [1.165, 1.54) is 0 Å². The van der Waals surface area contributed by atoms with Crippen LogP contribution in [0.2, 0.25) is 0 Å². The molecule has 1 aromatic rings. The van der Waals surface area contributed by atoms with Crippen molar-refractivity contribution in [3.8, 4) is 5.88 Å². The van der Waals surface area contributed by atoms with Gasteiger partial charge in [-0.15, -0.1) is 0 Å². The quantitative estimate of drug-likeness (QED) is 0.703. The minimum Gasteiger partial charge on any atom is -0.477 e. The Morgan fingerprint density at radius 3 is 2.88 bits per heavy atom. The van der Waals surface area contributed by atoms with E-state index in [0.717, 1.165) is 44.1 Å². The first-order chi connectivity index (χ1) is 12.0. The topological polar surface area (TPSA) is 60.5 Å². The van der Waals surface area contributed by atoms with Crippen molar-refractivity contribution < 1.29 is 14.3 Å². The largest absolute Gasteiger partial charge is 0.477 e. The number of pyridine rings is 1. The Morgan fingerprint density at radius 1 is 1.44 bits per heavy atom. The van der Waals surface area contributed by atoms with Crippen molar-refractivity contribution in [2.24, 2.45) is 5.92 Å². The van der Waals surface area contributed by atoms with Crippen LogP contribution in [-0.2, 0) is 9.53 Å². The highest BCUT2D eigenvalue weighted by Gasteiger charge is 2.42. The van der Waals surface area contributed by atoms with Gasteiger partial charge in [0.15, 0.2) is 0 Å². The lowest BCUT2D eigenvalue weighted by Crippen LogP contribution is -2.48. The van der Waals surface area contributed by atoms with Crippen LogP contribution in [0.4, 0.5) is 5.69 Å². The van der Waals surface area contributed by atoms with Crippen molar-refractivity contribution in [1.82, 2.24) is 4.98 Å². The fourth-order valence-corrected chi connectivity index (χ4v) is 3.52. The maximum absolute atomic E-state index is 12.9. The highest BCUT2D eigenvalue weighted by Crippen LogP contribution is 2.36. The van der Waals surface area contributed by atoms with Crippen molar-refractivity contribution in [1.29, 1.82) is 0 Å². The van der Waals surface area contributed by atoms with E-state index in [0.29, 0.717) is 30.7 Å². The van der Waals surface area contributed by atoms with Crippen LogP contribution in [0.15, 0.2) is 12.3 Å². The average Bonchev–Trinajstić information content (AvgIpc) is 2.57. The first-order valence-corrected chi connectivity index (χ1v) is 9.55. The summed E-state index contributed by atoms with van der Waals surface area (Å²) >= 11 is 0. The molecule has 1 aromatic heterocycles. The molecule has 140 valence electrons. The Balaban J connectivity index is 2.06. The Hall–Kier alpha value is -1.62. The zero-order valence-electron chi connectivity index (χ0n) is 16.1. The number of carbonyl (C=O) groups is 1. The summed E-state index contributed by atoms with van der Waals surface area (Å²) < 4.78 is 11.6. The summed E-state index contributed by atoms with van der Waals surface area (Å²) in [6, 6.07) is 1.91. The molecule has 1 aliphatic carbocycles. The summed E-state index contributed by atoms with van der Waals surface area (Å²) in [7, 11) is 0. The third-order valence-electron chi connectivity index (χ3n) is 4.81. The summed E-state index contributed by atoms with van der Waals surface area (Å²) in [5.41, 5.74) is 0.912. The summed E-state index contributed by atoms with van der Waals surface area (Å²) in [4.78, 5) is 17.3. The lowest BCUT2D eigenvalue weighted by Gasteiger charge is -2.38. The van der Waals surface area contributed by atoms with Crippen LogP contribution >= 0.6 is 0 Å². The summed E-state index contributed by atoms with van der Waals surface area (Å²) in [5, 5.41) is 3.01. The molecule has 1 fully saturated rings. The van der Waals surface area contributed by atoms with Gasteiger partial charge in [0, 0.05) is 12.2 Å². The molecule has 1 heterocycles. The fourth-order valence-electron chi connectivity index (χ4n) is 3.52. The van der Waals surface area contributed by atoms with Crippen molar-refractivity contribution >= 4 is 11.6 Å². The van der Waals surface area contributed by atoms with E-state index in [-0.39, 0.29) is 5.91 Å². The zero-order chi connectivity index (χ0) is 18.3. The van der Waals surface area contributed by atoms with Gasteiger partial charge in [-0.1, -0.05) is 26.7 Å². The number of nitrogens with one attached hydrogen (secondary N) is 1. The minimum absolute atomic E-state index is 0.0539. The molecule has 0 radical (unpaired) electrons. The molecule has 0 aromatic carbocycles. The third kappa shape index (κ3) is 5.18. The second-order valence-corrected chi connectivity index (χ2v) is 7.13. The van der Waals surface area contributed by atoms with Gasteiger partial charge in [0.1, 0.15) is 5.60 Å². The van der Waals surface area contributed by atoms with Gasteiger partial charge in [-0.25, -0.2) is 4.98 Å². The normalized spacial score (nSPS) is 23.3. The van der Waals surface area contributed by atoms with E-state index < -0.39 is 5.60 Å². The Labute approximate surface area is 151 Å². The third-order valence-corrected chi connectivity index (χ3v) is 4.81. The van der Waals surface area contributed by atoms with Gasteiger partial charge in [0.05, 0.1) is 18.5 Å². The van der Waals surface area contributed by atoms with E-state index in [9.17, 15) is 4.79 Å². The molecule has 1 N–H and O–H groups in total. The number of hydrogen-bond donors (Lipinski definition) is 1. The Bertz CT molecular complexity index is 572. The molecule has 2 rings (SSSR count). The second kappa shape index (κ2) is 9.18. The molecule has 1 amide bonds. The van der Waals surface area contributed by atoms with Crippen LogP contribution in [0.1, 0.15) is 64.9 Å². The lowest BCUT2D eigenvalue weighted by molar-refractivity contribution is -0.147. The molecule has 1 saturated carbocycles. The van der Waals surface area contributed by atoms with E-state index in [1.807, 2.05) is 19.9 Å². The first kappa shape index (κ1) is 19.7. The van der Waals surface area contributed by atoms with E-state index in [4.69, 9.17) is 9.47 Å². The van der Waals surface area contributed by atoms with Gasteiger partial charge in [-0.3, -0.25) is 4.79 Å². The van der Waals surface area contributed by atoms with Crippen LogP contribution in [0.5, 0.6) is 5.88 Å². The van der Waals surface area contributed by atoms with Crippen molar-refractivity contribution in [3.63, 3.8) is 0 Å². The predicted octanol–water partition coefficient (Wildman–Crippen LogP) is 4.49. The van der Waals surface area contributed by atoms with Crippen LogP contribution in [-0.4, -0.2) is 29.7 Å². The van der Waals surface area contributed by atoms with E-state index in [1.54, 1.807) is 6.20 Å². The van der Waals surface area contributed by atoms with Gasteiger partial charge in [0.25, 0.3) is 5.91 Å². The fraction of sp³-hybridized carbons (Fsp3) is 0.700. The Morgan fingerprint density at radius 2 is 2.24 bits per heavy atom. The van der Waals surface area contributed by atoms with Crippen LogP contribution in [0, 0.1) is 12.8 Å². The number of hydrogen-bond acceptors (Lipinski definition) is 4. The molecule has 25 heavy (non-hydrogen) atoms. The van der Waals surface area contributed by atoms with E-state index >= 15 is 0 Å². The number of amides is 1. The smallest absolute Gasteiger partial charge is 0.256 e. The SMILES string of the molecule is CCCCOc1ncc(NC(=O)[C@]2(OCC)CCC[C@@H](C)C2)cc1C. The number of carbonyl (C=O) groups excluding carboxylic acids is 1. The minimum atomic E-state index is -0.712. The number of nitrogens with zero attached hydrogens (tertiary/aromatic N) is 1. The van der Waals surface area contributed by atoms with Crippen LogP contribution < -0.4 is 10.1 Å². The number of unbranched alkanes of at least 4 members (excludes halogenated alkanes) is 1. The predicted molar refractivity (Wildman–Crippen MR) is 100.0 cm³/mol. The number of aryl methyl sites for hydroxylation is 1. The van der Waals surface area contributed by atoms with Gasteiger partial charge in [0.2, 0.25) is 5.88 Å². The van der Waals surface area contributed by atoms with Crippen LogP contribution in [0.3, 0.4) is 0 Å². The number of ether oxygens (including phenoxy) is 2. The molecular formula is C20H32N2O3. The highest BCUT2D eigenvalue weighted by molar-refractivity contribution is 5.97. The Kier molecular flexibility index (Phi) is 7.24. The molecule has 5 heteroatoms. The molecule has 0 saturated heterocycles. The molecule has 0 unspecified atom stereocenters. The maximum Gasteiger partial charge on any atom is 0.256 e. The summed E-state index contributed by atoms with van der Waals surface area (Å²) in [6.45, 7) is 9.42. The number of anilines is 1. The van der Waals surface area contributed by atoms with Crippen LogP contribution in [0.25, 0.3) is 0 Å². The standard InChI is InChI=1S/C20H32N2O3/c1-5-7-11-24-18-16(4)12-17(14-21-18)22-19(23)20(25-6-2)10-8-9-15(3)13-20/h12,14-15H,5-11,13H2,1-4H3,(H,22,23)/t15-,20+/m1/s1. The van der Waals surface area contributed by atoms with Gasteiger partial charge in [-0.05, 0) is 51.5 Å². The van der Waals surface area contributed by atoms with Gasteiger partial charge < -0.3 is 14.8 Å². The average molecular weight is 348 g/mol. The lowest BCUT2D eigenvalue weighted by atomic mass is 9.78. The molecule has 0 bridgehead atoms. The number of rotatable bonds is 8. The molecule has 2 atom stereocenters. The maximum atomic E-state index is 12.9. The molecular weight excluding hydrogens is 316 g/mol. The first-order valence-electron chi connectivity index (χ1n) is 9.55. The van der Waals surface area contributed by atoms with Crippen molar-refractivity contribution in [2.45, 2.75) is 71.8 Å². The monoisotopic (exact) mass is 348 g/mol. The van der Waals surface area contributed by atoms with Gasteiger partial charge in [-0.2, -0.15) is 0 Å². The highest BCUT2D eigenvalue weighted by atomic mass is 16.5. The molecule has 0 spiro atoms. The molecule has 1 aliphatic rings. The number of aromatic nitrogens is 1. The van der Waals surface area contributed by atoms with Gasteiger partial charge >= 0.3 is 0 Å². The summed E-state index contributed by atoms with van der Waals surface area (Å²) in [5.74, 6) is 1.08. The second-order valence-electron chi connectivity index (χ2n) is 7.13. The summed E-state index contributed by atoms with van der Waals surface area (Å²) in [6.07, 6.45) is 7.50. The van der Waals surface area contributed by atoms with E-state index in [2.05, 4.69) is 24.1 Å². The molecule has 0 aliphatic heterocycles. The van der Waals surface area contributed by atoms with Crippen molar-refractivity contribution in [2.75, 3.05) is 18.5 Å². The van der Waals surface area contributed by atoms with Crippen molar-refractivity contribution in [3.05, 3.63) is 17.8 Å².